The van der Waals surface area contributed by atoms with Crippen LogP contribution in [0, 0.1) is 5.92 Å². The molecule has 0 aromatic heterocycles. The van der Waals surface area contributed by atoms with Crippen LogP contribution in [0.25, 0.3) is 0 Å². The minimum atomic E-state index is 0.643. The quantitative estimate of drug-likeness (QED) is 0.675. The molecule has 2 heterocycles. The first kappa shape index (κ1) is 13.9. The van der Waals surface area contributed by atoms with E-state index in [1.54, 1.807) is 0 Å². The number of hydrogen-bond acceptors (Lipinski definition) is 3. The summed E-state index contributed by atoms with van der Waals surface area (Å²) in [6, 6.07) is 9.24. The van der Waals surface area contributed by atoms with Crippen molar-refractivity contribution < 1.29 is 0 Å². The van der Waals surface area contributed by atoms with Crippen LogP contribution < -0.4 is 10.9 Å². The first-order valence-electron chi connectivity index (χ1n) is 8.13. The second-order valence-electron chi connectivity index (χ2n) is 6.36. The highest BCUT2D eigenvalue weighted by Crippen LogP contribution is 2.35. The van der Waals surface area contributed by atoms with Crippen molar-refractivity contribution >= 4 is 5.69 Å². The molecule has 1 aromatic rings. The summed E-state index contributed by atoms with van der Waals surface area (Å²) in [5.74, 6) is 7.16. The average molecular weight is 273 g/mol. The van der Waals surface area contributed by atoms with Crippen molar-refractivity contribution in [3.63, 3.8) is 0 Å². The minimum absolute atomic E-state index is 0.643. The Labute approximate surface area is 122 Å². The van der Waals surface area contributed by atoms with Crippen molar-refractivity contribution in [3.05, 3.63) is 29.8 Å². The highest BCUT2D eigenvalue weighted by molar-refractivity contribution is 5.53. The third-order valence-corrected chi connectivity index (χ3v) is 5.04. The van der Waals surface area contributed by atoms with E-state index in [4.69, 9.17) is 5.84 Å². The molecule has 0 amide bonds. The van der Waals surface area contributed by atoms with E-state index in [0.717, 1.165) is 19.0 Å². The zero-order valence-electron chi connectivity index (χ0n) is 12.6. The van der Waals surface area contributed by atoms with E-state index in [-0.39, 0.29) is 0 Å². The van der Waals surface area contributed by atoms with E-state index in [1.807, 2.05) is 5.01 Å². The highest BCUT2D eigenvalue weighted by Gasteiger charge is 2.36. The van der Waals surface area contributed by atoms with E-state index in [1.165, 1.54) is 49.9 Å². The van der Waals surface area contributed by atoms with Crippen molar-refractivity contribution in [2.24, 2.45) is 11.8 Å². The Bertz CT molecular complexity index is 446. The topological polar surface area (TPSA) is 32.5 Å². The Hall–Kier alpha value is -1.06. The molecule has 0 aliphatic carbocycles. The van der Waals surface area contributed by atoms with Crippen LogP contribution in [0.3, 0.4) is 0 Å². The van der Waals surface area contributed by atoms with Crippen molar-refractivity contribution in [1.82, 2.24) is 4.90 Å². The van der Waals surface area contributed by atoms with Crippen LogP contribution in [0.4, 0.5) is 5.69 Å². The van der Waals surface area contributed by atoms with Gasteiger partial charge in [0.05, 0.1) is 12.2 Å². The molecule has 1 saturated heterocycles. The maximum absolute atomic E-state index is 6.33. The molecule has 3 rings (SSSR count). The van der Waals surface area contributed by atoms with Gasteiger partial charge in [-0.05, 0) is 36.9 Å². The zero-order chi connectivity index (χ0) is 13.9. The van der Waals surface area contributed by atoms with Crippen molar-refractivity contribution in [2.45, 2.75) is 51.6 Å². The molecule has 2 atom stereocenters. The summed E-state index contributed by atoms with van der Waals surface area (Å²) in [5, 5.41) is 1.98. The fraction of sp³-hybridized carbons (Fsp3) is 0.647. The van der Waals surface area contributed by atoms with E-state index < -0.39 is 0 Å². The summed E-state index contributed by atoms with van der Waals surface area (Å²) < 4.78 is 0. The largest absolute Gasteiger partial charge is 0.309 e. The van der Waals surface area contributed by atoms with Gasteiger partial charge in [-0.1, -0.05) is 44.4 Å². The lowest BCUT2D eigenvalue weighted by Gasteiger charge is -2.28. The molecule has 2 aliphatic heterocycles. The number of fused-ring (bicyclic) bond motifs is 2. The van der Waals surface area contributed by atoms with Crippen LogP contribution in [0.15, 0.2) is 24.3 Å². The Kier molecular flexibility index (Phi) is 4.27. The first-order chi connectivity index (χ1) is 9.79. The molecule has 0 saturated carbocycles. The van der Waals surface area contributed by atoms with Gasteiger partial charge in [-0.25, -0.2) is 5.84 Å². The van der Waals surface area contributed by atoms with Crippen LogP contribution in [0.5, 0.6) is 0 Å². The standard InChI is InChI=1S/C17H27N3/c1-2-3-4-7-14-10-11-19-12-15-8-5-6-9-16(15)20(18)13-17(14)19/h5-6,8-9,14,17H,2-4,7,10-13,18H2,1H3. The van der Waals surface area contributed by atoms with E-state index in [9.17, 15) is 0 Å². The number of nitrogens with two attached hydrogens (primary N) is 1. The van der Waals surface area contributed by atoms with Gasteiger partial charge in [0, 0.05) is 12.6 Å². The van der Waals surface area contributed by atoms with E-state index in [2.05, 4.69) is 36.1 Å². The molecule has 0 bridgehead atoms. The molecule has 3 nitrogen and oxygen atoms in total. The van der Waals surface area contributed by atoms with Gasteiger partial charge in [-0.3, -0.25) is 4.90 Å². The van der Waals surface area contributed by atoms with Crippen LogP contribution in [-0.2, 0) is 6.54 Å². The number of nitrogens with zero attached hydrogens (tertiary/aromatic N) is 2. The van der Waals surface area contributed by atoms with Crippen LogP contribution in [0.1, 0.15) is 44.6 Å². The second-order valence-corrected chi connectivity index (χ2v) is 6.36. The molecule has 1 fully saturated rings. The summed E-state index contributed by atoms with van der Waals surface area (Å²) in [7, 11) is 0. The Balaban J connectivity index is 1.72. The fourth-order valence-corrected chi connectivity index (χ4v) is 3.89. The van der Waals surface area contributed by atoms with Crippen LogP contribution in [0.2, 0.25) is 0 Å². The van der Waals surface area contributed by atoms with Crippen molar-refractivity contribution in [2.75, 3.05) is 18.1 Å². The molecule has 2 N–H and O–H groups in total. The van der Waals surface area contributed by atoms with Gasteiger partial charge >= 0.3 is 0 Å². The molecule has 0 spiro atoms. The highest BCUT2D eigenvalue weighted by atomic mass is 15.4. The Morgan fingerprint density at radius 1 is 1.25 bits per heavy atom. The average Bonchev–Trinajstić information content (AvgIpc) is 2.76. The summed E-state index contributed by atoms with van der Waals surface area (Å²) in [4.78, 5) is 2.66. The van der Waals surface area contributed by atoms with Crippen LogP contribution in [-0.4, -0.2) is 24.0 Å². The van der Waals surface area contributed by atoms with Gasteiger partial charge in [-0.15, -0.1) is 0 Å². The summed E-state index contributed by atoms with van der Waals surface area (Å²) in [6.45, 7) is 5.57. The minimum Gasteiger partial charge on any atom is -0.309 e. The van der Waals surface area contributed by atoms with E-state index >= 15 is 0 Å². The third kappa shape index (κ3) is 2.70. The SMILES string of the molecule is CCCCCC1CCN2Cc3ccccc3N(N)CC12. The second kappa shape index (κ2) is 6.15. The predicted octanol–water partition coefficient (Wildman–Crippen LogP) is 3.15. The normalized spacial score (nSPS) is 26.2. The molecule has 2 aliphatic rings. The Morgan fingerprint density at radius 3 is 2.95 bits per heavy atom. The van der Waals surface area contributed by atoms with Crippen LogP contribution >= 0.6 is 0 Å². The number of hydrazine groups is 1. The molecule has 3 heteroatoms. The summed E-state index contributed by atoms with van der Waals surface area (Å²) >= 11 is 0. The lowest BCUT2D eigenvalue weighted by atomic mass is 9.93. The number of para-hydroxylation sites is 1. The number of hydrogen-bond donors (Lipinski definition) is 1. The van der Waals surface area contributed by atoms with E-state index in [0.29, 0.717) is 6.04 Å². The smallest absolute Gasteiger partial charge is 0.0562 e. The van der Waals surface area contributed by atoms with Gasteiger partial charge in [0.25, 0.3) is 0 Å². The fourth-order valence-electron chi connectivity index (χ4n) is 3.89. The molecule has 2 unspecified atom stereocenters. The molecule has 110 valence electrons. The van der Waals surface area contributed by atoms with Gasteiger partial charge in [-0.2, -0.15) is 0 Å². The monoisotopic (exact) mass is 273 g/mol. The number of rotatable bonds is 4. The molecule has 20 heavy (non-hydrogen) atoms. The van der Waals surface area contributed by atoms with Gasteiger partial charge in [0.1, 0.15) is 0 Å². The Morgan fingerprint density at radius 2 is 2.10 bits per heavy atom. The maximum Gasteiger partial charge on any atom is 0.0562 e. The molecule has 0 radical (unpaired) electrons. The van der Waals surface area contributed by atoms with Gasteiger partial charge in [0.15, 0.2) is 0 Å². The zero-order valence-corrected chi connectivity index (χ0v) is 12.6. The molecular weight excluding hydrogens is 246 g/mol. The number of unbranched alkanes of at least 4 members (excludes halogenated alkanes) is 2. The predicted molar refractivity (Wildman–Crippen MR) is 84.4 cm³/mol. The third-order valence-electron chi connectivity index (χ3n) is 5.04. The first-order valence-corrected chi connectivity index (χ1v) is 8.13. The van der Waals surface area contributed by atoms with Gasteiger partial charge < -0.3 is 5.01 Å². The summed E-state index contributed by atoms with van der Waals surface area (Å²) in [6.07, 6.45) is 6.79. The molecule has 1 aromatic carbocycles. The number of anilines is 1. The summed E-state index contributed by atoms with van der Waals surface area (Å²) in [5.41, 5.74) is 2.60. The van der Waals surface area contributed by atoms with Crippen molar-refractivity contribution in [3.8, 4) is 0 Å². The maximum atomic E-state index is 6.33. The lowest BCUT2D eigenvalue weighted by Crippen LogP contribution is -2.43. The lowest BCUT2D eigenvalue weighted by molar-refractivity contribution is 0.220. The van der Waals surface area contributed by atoms with Gasteiger partial charge in [0.2, 0.25) is 0 Å². The number of benzene rings is 1. The van der Waals surface area contributed by atoms with Crippen molar-refractivity contribution in [1.29, 1.82) is 0 Å². The molecular formula is C17H27N3.